The first-order valence-corrected chi connectivity index (χ1v) is 11.8. The maximum absolute atomic E-state index is 12.3. The fraction of sp³-hybridized carbons (Fsp3) is 0.409. The van der Waals surface area contributed by atoms with Crippen LogP contribution in [-0.2, 0) is 10.2 Å². The van der Waals surface area contributed by atoms with E-state index in [1.54, 1.807) is 20.2 Å². The molecule has 1 amide bonds. The standard InChI is InChI=1S/C22H29N5O5S/c1-13-10-11-17(32-13)16(12-22(2,3)4)24-20-19(25-33(30,31)26-20)23-15-9-7-8-14(18(15)28)21(29)27(5)6/h7-11,16,28H,12H2,1-6H3,(H,23,25)(H,24,26)/t16-/m1/s1. The van der Waals surface area contributed by atoms with Gasteiger partial charge in [0.25, 0.3) is 5.91 Å². The Bertz CT molecular complexity index is 1220. The predicted octanol–water partition coefficient (Wildman–Crippen LogP) is 3.23. The van der Waals surface area contributed by atoms with Crippen LogP contribution in [0.1, 0.15) is 55.1 Å². The van der Waals surface area contributed by atoms with Gasteiger partial charge in [0.2, 0.25) is 0 Å². The molecule has 0 aliphatic carbocycles. The highest BCUT2D eigenvalue weighted by Gasteiger charge is 2.31. The number of amides is 1. The molecule has 0 saturated heterocycles. The number of aryl methyl sites for hydroxylation is 1. The molecule has 0 fully saturated rings. The van der Waals surface area contributed by atoms with E-state index in [1.807, 2.05) is 39.8 Å². The Morgan fingerprint density at radius 3 is 2.55 bits per heavy atom. The molecule has 33 heavy (non-hydrogen) atoms. The third-order valence-electron chi connectivity index (χ3n) is 4.77. The van der Waals surface area contributed by atoms with Crippen LogP contribution in [0, 0.1) is 12.3 Å². The van der Waals surface area contributed by atoms with Gasteiger partial charge in [-0.1, -0.05) is 26.8 Å². The van der Waals surface area contributed by atoms with Gasteiger partial charge in [-0.2, -0.15) is 8.42 Å². The van der Waals surface area contributed by atoms with Crippen molar-refractivity contribution >= 4 is 33.5 Å². The lowest BCUT2D eigenvalue weighted by Crippen LogP contribution is -2.31. The number of carbonyl (C=O) groups is 1. The van der Waals surface area contributed by atoms with E-state index in [1.165, 1.54) is 17.0 Å². The van der Waals surface area contributed by atoms with E-state index in [-0.39, 0.29) is 34.1 Å². The van der Waals surface area contributed by atoms with E-state index in [2.05, 4.69) is 19.4 Å². The number of benzene rings is 1. The van der Waals surface area contributed by atoms with Gasteiger partial charge in [-0.15, -0.1) is 4.40 Å². The molecule has 11 heteroatoms. The monoisotopic (exact) mass is 475 g/mol. The summed E-state index contributed by atoms with van der Waals surface area (Å²) in [6.07, 6.45) is 0.580. The third kappa shape index (κ3) is 5.92. The topological polar surface area (TPSA) is 137 Å². The van der Waals surface area contributed by atoms with E-state index in [0.29, 0.717) is 12.2 Å². The number of hydrogen-bond acceptors (Lipinski definition) is 7. The third-order valence-corrected chi connectivity index (χ3v) is 5.64. The van der Waals surface area contributed by atoms with E-state index < -0.39 is 22.2 Å². The SMILES string of the molecule is Cc1ccc([C@@H](CC(C)(C)C)N=C2NS(=O)(=O)N=C2Nc2cccc(C(=O)N(C)C)c2O)o1. The zero-order chi connectivity index (χ0) is 24.6. The van der Waals surface area contributed by atoms with Crippen molar-refractivity contribution in [3.05, 3.63) is 47.4 Å². The minimum atomic E-state index is -4.03. The second-order valence-corrected chi connectivity index (χ2v) is 10.6. The lowest BCUT2D eigenvalue weighted by atomic mass is 9.87. The predicted molar refractivity (Wildman–Crippen MR) is 127 cm³/mol. The summed E-state index contributed by atoms with van der Waals surface area (Å²) in [4.78, 5) is 18.3. The molecule has 3 N–H and O–H groups in total. The molecular formula is C22H29N5O5S. The van der Waals surface area contributed by atoms with Gasteiger partial charge in [-0.25, -0.2) is 4.72 Å². The summed E-state index contributed by atoms with van der Waals surface area (Å²) in [6.45, 7) is 7.97. The van der Waals surface area contributed by atoms with E-state index in [0.717, 1.165) is 5.76 Å². The number of para-hydroxylation sites is 1. The number of phenolic OH excluding ortho intramolecular Hbond substituents is 1. The molecule has 2 heterocycles. The van der Waals surface area contributed by atoms with Crippen molar-refractivity contribution in [2.45, 2.75) is 40.2 Å². The summed E-state index contributed by atoms with van der Waals surface area (Å²) in [5.74, 6) is 0.485. The minimum absolute atomic E-state index is 0.0120. The number of furan rings is 1. The molecule has 0 spiro atoms. The number of hydrogen-bond donors (Lipinski definition) is 3. The molecule has 0 unspecified atom stereocenters. The molecule has 1 atom stereocenters. The molecule has 0 bridgehead atoms. The Balaban J connectivity index is 2.00. The molecule has 1 aromatic heterocycles. The number of amidine groups is 2. The average molecular weight is 476 g/mol. The van der Waals surface area contributed by atoms with Crippen molar-refractivity contribution in [1.29, 1.82) is 0 Å². The summed E-state index contributed by atoms with van der Waals surface area (Å²) >= 11 is 0. The Morgan fingerprint density at radius 2 is 1.97 bits per heavy atom. The average Bonchev–Trinajstić information content (AvgIpc) is 3.23. The molecule has 0 radical (unpaired) electrons. The summed E-state index contributed by atoms with van der Waals surface area (Å²) in [6, 6.07) is 7.71. The summed E-state index contributed by atoms with van der Waals surface area (Å²) < 4.78 is 36.2. The molecule has 1 aliphatic heterocycles. The largest absolute Gasteiger partial charge is 0.505 e. The van der Waals surface area contributed by atoms with Crippen LogP contribution < -0.4 is 10.0 Å². The van der Waals surface area contributed by atoms with Crippen LogP contribution in [0.3, 0.4) is 0 Å². The Kier molecular flexibility index (Phi) is 6.55. The molecular weight excluding hydrogens is 446 g/mol. The van der Waals surface area contributed by atoms with Crippen LogP contribution in [0.2, 0.25) is 0 Å². The van der Waals surface area contributed by atoms with Gasteiger partial charge in [-0.3, -0.25) is 9.79 Å². The fourth-order valence-electron chi connectivity index (χ4n) is 3.29. The minimum Gasteiger partial charge on any atom is -0.505 e. The zero-order valence-corrected chi connectivity index (χ0v) is 20.3. The van der Waals surface area contributed by atoms with Crippen LogP contribution >= 0.6 is 0 Å². The Hall–Kier alpha value is -3.34. The van der Waals surface area contributed by atoms with Crippen molar-refractivity contribution in [2.24, 2.45) is 14.8 Å². The van der Waals surface area contributed by atoms with Gasteiger partial charge in [0.1, 0.15) is 17.6 Å². The number of phenols is 1. The van der Waals surface area contributed by atoms with Gasteiger partial charge in [0, 0.05) is 14.1 Å². The molecule has 3 rings (SSSR count). The number of aromatic hydroxyl groups is 1. The number of nitrogens with one attached hydrogen (secondary N) is 2. The maximum atomic E-state index is 12.3. The van der Waals surface area contributed by atoms with Crippen molar-refractivity contribution in [3.8, 4) is 5.75 Å². The van der Waals surface area contributed by atoms with Crippen molar-refractivity contribution in [1.82, 2.24) is 9.62 Å². The van der Waals surface area contributed by atoms with Gasteiger partial charge in [0.05, 0.1) is 11.3 Å². The van der Waals surface area contributed by atoms with Gasteiger partial charge >= 0.3 is 10.2 Å². The first kappa shape index (κ1) is 24.3. The quantitative estimate of drug-likeness (QED) is 0.568. The molecule has 1 aliphatic rings. The first-order chi connectivity index (χ1) is 15.3. The zero-order valence-electron chi connectivity index (χ0n) is 19.5. The second kappa shape index (κ2) is 8.89. The molecule has 1 aromatic carbocycles. The molecule has 178 valence electrons. The Morgan fingerprint density at radius 1 is 1.27 bits per heavy atom. The highest BCUT2D eigenvalue weighted by Crippen LogP contribution is 2.34. The van der Waals surface area contributed by atoms with Crippen molar-refractivity contribution in [3.63, 3.8) is 0 Å². The highest BCUT2D eigenvalue weighted by molar-refractivity contribution is 7.89. The van der Waals surface area contributed by atoms with Crippen LogP contribution in [0.25, 0.3) is 0 Å². The van der Waals surface area contributed by atoms with Gasteiger partial charge in [-0.05, 0) is 43.0 Å². The Labute approximate surface area is 193 Å². The smallest absolute Gasteiger partial charge is 0.345 e. The van der Waals surface area contributed by atoms with Gasteiger partial charge in [0.15, 0.2) is 17.4 Å². The second-order valence-electron chi connectivity index (χ2n) is 9.25. The summed E-state index contributed by atoms with van der Waals surface area (Å²) in [5.41, 5.74) is 0.0559. The molecule has 10 nitrogen and oxygen atoms in total. The van der Waals surface area contributed by atoms with Crippen LogP contribution in [0.15, 0.2) is 44.1 Å². The van der Waals surface area contributed by atoms with Crippen LogP contribution in [-0.4, -0.2) is 50.1 Å². The maximum Gasteiger partial charge on any atom is 0.345 e. The van der Waals surface area contributed by atoms with Crippen LogP contribution in [0.5, 0.6) is 5.75 Å². The number of rotatable bonds is 5. The van der Waals surface area contributed by atoms with E-state index in [9.17, 15) is 18.3 Å². The summed E-state index contributed by atoms with van der Waals surface area (Å²) in [5, 5.41) is 13.4. The lowest BCUT2D eigenvalue weighted by Gasteiger charge is -2.22. The van der Waals surface area contributed by atoms with E-state index in [4.69, 9.17) is 4.42 Å². The van der Waals surface area contributed by atoms with Crippen LogP contribution in [0.4, 0.5) is 5.69 Å². The van der Waals surface area contributed by atoms with Crippen molar-refractivity contribution < 1.29 is 22.7 Å². The number of nitrogens with zero attached hydrogens (tertiary/aromatic N) is 3. The molecule has 0 saturated carbocycles. The van der Waals surface area contributed by atoms with Gasteiger partial charge < -0.3 is 19.7 Å². The van der Waals surface area contributed by atoms with E-state index >= 15 is 0 Å². The van der Waals surface area contributed by atoms with Crippen molar-refractivity contribution in [2.75, 3.05) is 19.4 Å². The first-order valence-electron chi connectivity index (χ1n) is 10.3. The number of anilines is 1. The summed E-state index contributed by atoms with van der Waals surface area (Å²) in [7, 11) is -0.896. The number of aliphatic imine (C=N–C) groups is 1. The normalized spacial score (nSPS) is 17.4. The highest BCUT2D eigenvalue weighted by atomic mass is 32.2. The lowest BCUT2D eigenvalue weighted by molar-refractivity contribution is 0.0824. The molecule has 2 aromatic rings. The fourth-order valence-corrected chi connectivity index (χ4v) is 4.10. The number of carbonyl (C=O) groups excluding carboxylic acids is 1.